The van der Waals surface area contributed by atoms with E-state index in [1.54, 1.807) is 0 Å². The maximum Gasteiger partial charge on any atom is 0.319 e. The molecule has 0 radical (unpaired) electrons. The Morgan fingerprint density at radius 2 is 1.77 bits per heavy atom. The van der Waals surface area contributed by atoms with Crippen molar-refractivity contribution in [2.75, 3.05) is 5.32 Å². The first-order valence-corrected chi connectivity index (χ1v) is 7.38. The van der Waals surface area contributed by atoms with Gasteiger partial charge in [-0.25, -0.2) is 4.79 Å². The van der Waals surface area contributed by atoms with Crippen LogP contribution in [-0.2, 0) is 0 Å². The molecule has 0 aliphatic rings. The zero-order chi connectivity index (χ0) is 15.5. The normalized spacial score (nSPS) is 10.9. The average molecular weight is 293 g/mol. The van der Waals surface area contributed by atoms with Crippen molar-refractivity contribution in [2.24, 2.45) is 0 Å². The number of hydrogen-bond acceptors (Lipinski definition) is 1. The van der Waals surface area contributed by atoms with Gasteiger partial charge in [0, 0.05) is 28.2 Å². The number of rotatable bonds is 3. The van der Waals surface area contributed by atoms with E-state index in [0.717, 1.165) is 27.8 Å². The Morgan fingerprint density at radius 1 is 1.05 bits per heavy atom. The van der Waals surface area contributed by atoms with Gasteiger partial charge in [-0.3, -0.25) is 0 Å². The number of H-pyrrole nitrogens is 1. The molecule has 1 aromatic heterocycles. The van der Waals surface area contributed by atoms with Crippen LogP contribution >= 0.6 is 0 Å². The Bertz CT molecular complexity index is 772. The van der Waals surface area contributed by atoms with Gasteiger partial charge in [0.15, 0.2) is 0 Å². The molecule has 0 unspecified atom stereocenters. The Balaban J connectivity index is 1.95. The van der Waals surface area contributed by atoms with E-state index in [1.165, 1.54) is 0 Å². The highest BCUT2D eigenvalue weighted by Crippen LogP contribution is 2.29. The fraction of sp³-hybridized carbons (Fsp3) is 0.167. The van der Waals surface area contributed by atoms with Gasteiger partial charge in [0.2, 0.25) is 0 Å². The van der Waals surface area contributed by atoms with Crippen molar-refractivity contribution in [3.63, 3.8) is 0 Å². The summed E-state index contributed by atoms with van der Waals surface area (Å²) in [6.07, 6.45) is 0. The minimum Gasteiger partial charge on any atom is -0.354 e. The smallest absolute Gasteiger partial charge is 0.319 e. The molecule has 0 spiro atoms. The highest BCUT2D eigenvalue weighted by atomic mass is 16.2. The van der Waals surface area contributed by atoms with Crippen LogP contribution in [0.3, 0.4) is 0 Å². The Morgan fingerprint density at radius 3 is 2.55 bits per heavy atom. The number of hydrogen-bond donors (Lipinski definition) is 3. The lowest BCUT2D eigenvalue weighted by Crippen LogP contribution is -2.34. The lowest BCUT2D eigenvalue weighted by atomic mass is 10.1. The van der Waals surface area contributed by atoms with Crippen LogP contribution in [0.1, 0.15) is 13.8 Å². The van der Waals surface area contributed by atoms with Crippen molar-refractivity contribution < 1.29 is 4.79 Å². The number of fused-ring (bicyclic) bond motifs is 1. The van der Waals surface area contributed by atoms with E-state index in [1.807, 2.05) is 56.3 Å². The minimum absolute atomic E-state index is 0.0974. The van der Waals surface area contributed by atoms with Crippen molar-refractivity contribution in [2.45, 2.75) is 19.9 Å². The highest BCUT2D eigenvalue weighted by Gasteiger charge is 2.10. The maximum atomic E-state index is 11.9. The SMILES string of the molecule is CC(C)NC(=O)Nc1ccccc1-c1cc2ccccc2[nH]1. The first-order valence-electron chi connectivity index (χ1n) is 7.38. The molecule has 0 saturated heterocycles. The third-order valence-corrected chi connectivity index (χ3v) is 3.42. The van der Waals surface area contributed by atoms with Crippen molar-refractivity contribution in [1.29, 1.82) is 0 Å². The predicted molar refractivity (Wildman–Crippen MR) is 91.0 cm³/mol. The Hall–Kier alpha value is -2.75. The summed E-state index contributed by atoms with van der Waals surface area (Å²) in [6.45, 7) is 3.87. The molecule has 0 atom stereocenters. The number of anilines is 1. The molecule has 22 heavy (non-hydrogen) atoms. The summed E-state index contributed by atoms with van der Waals surface area (Å²) in [5.74, 6) is 0. The molecule has 4 nitrogen and oxygen atoms in total. The Labute approximate surface area is 129 Å². The summed E-state index contributed by atoms with van der Waals surface area (Å²) in [4.78, 5) is 15.3. The number of para-hydroxylation sites is 2. The van der Waals surface area contributed by atoms with Gasteiger partial charge in [-0.1, -0.05) is 36.4 Å². The average Bonchev–Trinajstić information content (AvgIpc) is 2.90. The number of aromatic nitrogens is 1. The molecule has 3 N–H and O–H groups in total. The van der Waals surface area contributed by atoms with Crippen LogP contribution in [0.2, 0.25) is 0 Å². The molecule has 0 saturated carbocycles. The van der Waals surface area contributed by atoms with E-state index in [4.69, 9.17) is 0 Å². The van der Waals surface area contributed by atoms with E-state index in [0.29, 0.717) is 0 Å². The van der Waals surface area contributed by atoms with Gasteiger partial charge in [0.05, 0.1) is 5.69 Å². The molecule has 0 aliphatic heterocycles. The molecule has 0 aliphatic carbocycles. The number of aromatic amines is 1. The molecule has 0 fully saturated rings. The standard InChI is InChI=1S/C18H19N3O/c1-12(2)19-18(22)21-16-10-6-4-8-14(16)17-11-13-7-3-5-9-15(13)20-17/h3-12,20H,1-2H3,(H2,19,21,22). The van der Waals surface area contributed by atoms with Gasteiger partial charge in [0.1, 0.15) is 0 Å². The molecular weight excluding hydrogens is 274 g/mol. The summed E-state index contributed by atoms with van der Waals surface area (Å²) >= 11 is 0. The fourth-order valence-corrected chi connectivity index (χ4v) is 2.47. The van der Waals surface area contributed by atoms with Crippen LogP contribution in [-0.4, -0.2) is 17.1 Å². The molecule has 4 heteroatoms. The highest BCUT2D eigenvalue weighted by molar-refractivity contribution is 5.96. The monoisotopic (exact) mass is 293 g/mol. The first-order chi connectivity index (χ1) is 10.6. The second kappa shape index (κ2) is 5.93. The lowest BCUT2D eigenvalue weighted by molar-refractivity contribution is 0.250. The molecule has 2 aromatic carbocycles. The summed E-state index contributed by atoms with van der Waals surface area (Å²) in [5, 5.41) is 6.90. The van der Waals surface area contributed by atoms with Gasteiger partial charge in [-0.05, 0) is 32.0 Å². The van der Waals surface area contributed by atoms with E-state index in [9.17, 15) is 4.79 Å². The van der Waals surface area contributed by atoms with E-state index < -0.39 is 0 Å². The second-order valence-corrected chi connectivity index (χ2v) is 5.57. The third-order valence-electron chi connectivity index (χ3n) is 3.42. The summed E-state index contributed by atoms with van der Waals surface area (Å²) in [7, 11) is 0. The van der Waals surface area contributed by atoms with Crippen LogP contribution in [0.4, 0.5) is 10.5 Å². The fourth-order valence-electron chi connectivity index (χ4n) is 2.47. The van der Waals surface area contributed by atoms with Crippen LogP contribution in [0, 0.1) is 0 Å². The zero-order valence-corrected chi connectivity index (χ0v) is 12.7. The zero-order valence-electron chi connectivity index (χ0n) is 12.7. The largest absolute Gasteiger partial charge is 0.354 e. The molecule has 3 aromatic rings. The maximum absolute atomic E-state index is 11.9. The number of nitrogens with one attached hydrogen (secondary N) is 3. The van der Waals surface area contributed by atoms with Gasteiger partial charge in [-0.15, -0.1) is 0 Å². The molecule has 1 heterocycles. The summed E-state index contributed by atoms with van der Waals surface area (Å²) in [6, 6.07) is 17.9. The molecule has 112 valence electrons. The van der Waals surface area contributed by atoms with Crippen molar-refractivity contribution in [1.82, 2.24) is 10.3 Å². The Kier molecular flexibility index (Phi) is 3.83. The summed E-state index contributed by atoms with van der Waals surface area (Å²) < 4.78 is 0. The van der Waals surface area contributed by atoms with Gasteiger partial charge in [-0.2, -0.15) is 0 Å². The van der Waals surface area contributed by atoms with Crippen LogP contribution < -0.4 is 10.6 Å². The van der Waals surface area contributed by atoms with Crippen LogP contribution in [0.5, 0.6) is 0 Å². The quantitative estimate of drug-likeness (QED) is 0.660. The number of urea groups is 1. The van der Waals surface area contributed by atoms with E-state index in [-0.39, 0.29) is 12.1 Å². The van der Waals surface area contributed by atoms with Crippen LogP contribution in [0.15, 0.2) is 54.6 Å². The number of benzene rings is 2. The first kappa shape index (κ1) is 14.2. The molecule has 2 amide bonds. The molecule has 3 rings (SSSR count). The van der Waals surface area contributed by atoms with E-state index in [2.05, 4.69) is 27.8 Å². The third kappa shape index (κ3) is 2.96. The number of amides is 2. The second-order valence-electron chi connectivity index (χ2n) is 5.57. The van der Waals surface area contributed by atoms with Crippen molar-refractivity contribution in [3.05, 3.63) is 54.6 Å². The van der Waals surface area contributed by atoms with Crippen molar-refractivity contribution >= 4 is 22.6 Å². The predicted octanol–water partition coefficient (Wildman–Crippen LogP) is 4.36. The number of carbonyl (C=O) groups is 1. The number of carbonyl (C=O) groups excluding carboxylic acids is 1. The molecule has 0 bridgehead atoms. The van der Waals surface area contributed by atoms with Gasteiger partial charge < -0.3 is 15.6 Å². The molecular formula is C18H19N3O. The van der Waals surface area contributed by atoms with Gasteiger partial charge >= 0.3 is 6.03 Å². The minimum atomic E-state index is -0.196. The van der Waals surface area contributed by atoms with Gasteiger partial charge in [0.25, 0.3) is 0 Å². The topological polar surface area (TPSA) is 56.9 Å². The van der Waals surface area contributed by atoms with Crippen molar-refractivity contribution in [3.8, 4) is 11.3 Å². The van der Waals surface area contributed by atoms with E-state index >= 15 is 0 Å². The van der Waals surface area contributed by atoms with Crippen LogP contribution in [0.25, 0.3) is 22.2 Å². The summed E-state index contributed by atoms with van der Waals surface area (Å²) in [5.41, 5.74) is 3.82. The lowest BCUT2D eigenvalue weighted by Gasteiger charge is -2.12.